The molecule has 0 amide bonds. The summed E-state index contributed by atoms with van der Waals surface area (Å²) in [6, 6.07) is 10.3. The zero-order chi connectivity index (χ0) is 17.5. The first-order chi connectivity index (χ1) is 11.3. The number of hydrogen-bond acceptors (Lipinski definition) is 6. The van der Waals surface area contributed by atoms with Crippen LogP contribution in [0.25, 0.3) is 11.0 Å². The third-order valence-corrected chi connectivity index (χ3v) is 4.66. The molecular formula is C16H16N4O3S. The van der Waals surface area contributed by atoms with Crippen LogP contribution in [0.5, 0.6) is 0 Å². The zero-order valence-electron chi connectivity index (χ0n) is 13.2. The van der Waals surface area contributed by atoms with Gasteiger partial charge < -0.3 is 5.73 Å². The van der Waals surface area contributed by atoms with Crippen molar-refractivity contribution in [3.05, 3.63) is 58.5 Å². The fourth-order valence-electron chi connectivity index (χ4n) is 2.56. The summed E-state index contributed by atoms with van der Waals surface area (Å²) in [5.74, 6) is 0. The Bertz CT molecular complexity index is 1080. The van der Waals surface area contributed by atoms with Crippen LogP contribution in [0.1, 0.15) is 18.5 Å². The van der Waals surface area contributed by atoms with Gasteiger partial charge in [-0.2, -0.15) is 4.98 Å². The molecule has 0 aliphatic rings. The van der Waals surface area contributed by atoms with Gasteiger partial charge >= 0.3 is 0 Å². The lowest BCUT2D eigenvalue weighted by Gasteiger charge is -2.18. The van der Waals surface area contributed by atoms with Crippen LogP contribution in [0, 0.1) is 0 Å². The number of rotatable bonds is 3. The molecular weight excluding hydrogens is 328 g/mol. The molecule has 0 unspecified atom stereocenters. The standard InChI is InChI=1S/C16H16N4O3S/c1-10(11-6-4-3-5-7-11)20-14(21)8-13(17)12-9-18-16(19-15(12)20)24(2,22)23/h3-10H,17H2,1-2H3/t10-/m0/s1. The molecule has 24 heavy (non-hydrogen) atoms. The van der Waals surface area contributed by atoms with Crippen molar-refractivity contribution in [3.63, 3.8) is 0 Å². The van der Waals surface area contributed by atoms with Crippen molar-refractivity contribution in [3.8, 4) is 0 Å². The Balaban J connectivity index is 2.36. The van der Waals surface area contributed by atoms with Gasteiger partial charge in [0.2, 0.25) is 15.0 Å². The first-order valence-corrected chi connectivity index (χ1v) is 9.11. The Labute approximate surface area is 138 Å². The molecule has 0 fully saturated rings. The molecule has 2 heterocycles. The van der Waals surface area contributed by atoms with Crippen LogP contribution < -0.4 is 11.3 Å². The van der Waals surface area contributed by atoms with E-state index < -0.39 is 9.84 Å². The lowest BCUT2D eigenvalue weighted by Crippen LogP contribution is -2.25. The van der Waals surface area contributed by atoms with Gasteiger partial charge in [-0.1, -0.05) is 30.3 Å². The van der Waals surface area contributed by atoms with Crippen LogP contribution in [0.3, 0.4) is 0 Å². The van der Waals surface area contributed by atoms with Crippen molar-refractivity contribution >= 4 is 26.6 Å². The third kappa shape index (κ3) is 2.76. The van der Waals surface area contributed by atoms with E-state index in [1.54, 1.807) is 0 Å². The van der Waals surface area contributed by atoms with E-state index in [4.69, 9.17) is 5.73 Å². The monoisotopic (exact) mass is 344 g/mol. The highest BCUT2D eigenvalue weighted by molar-refractivity contribution is 7.90. The van der Waals surface area contributed by atoms with Gasteiger partial charge in [0.15, 0.2) is 0 Å². The summed E-state index contributed by atoms with van der Waals surface area (Å²) in [5.41, 5.74) is 6.84. The molecule has 1 aromatic carbocycles. The maximum Gasteiger partial charge on any atom is 0.254 e. The summed E-state index contributed by atoms with van der Waals surface area (Å²) in [6.07, 6.45) is 2.35. The molecule has 0 aliphatic carbocycles. The largest absolute Gasteiger partial charge is 0.398 e. The maximum absolute atomic E-state index is 12.5. The van der Waals surface area contributed by atoms with E-state index in [0.717, 1.165) is 11.8 Å². The fourth-order valence-corrected chi connectivity index (χ4v) is 3.06. The normalized spacial score (nSPS) is 13.1. The Hall–Kier alpha value is -2.74. The van der Waals surface area contributed by atoms with Gasteiger partial charge in [0.25, 0.3) is 5.56 Å². The van der Waals surface area contributed by atoms with Gasteiger partial charge in [0.1, 0.15) is 5.65 Å². The number of pyridine rings is 1. The highest BCUT2D eigenvalue weighted by Crippen LogP contribution is 2.23. The van der Waals surface area contributed by atoms with E-state index in [-0.39, 0.29) is 28.1 Å². The van der Waals surface area contributed by atoms with Crippen molar-refractivity contribution in [2.24, 2.45) is 0 Å². The molecule has 3 rings (SSSR count). The Morgan fingerprint density at radius 2 is 1.88 bits per heavy atom. The summed E-state index contributed by atoms with van der Waals surface area (Å²) in [7, 11) is -3.61. The van der Waals surface area contributed by atoms with Crippen molar-refractivity contribution in [2.75, 3.05) is 12.0 Å². The fraction of sp³-hybridized carbons (Fsp3) is 0.188. The van der Waals surface area contributed by atoms with Crippen LogP contribution >= 0.6 is 0 Å². The number of nitrogens with two attached hydrogens (primary N) is 1. The minimum Gasteiger partial charge on any atom is -0.398 e. The summed E-state index contributed by atoms with van der Waals surface area (Å²) in [4.78, 5) is 20.4. The summed E-state index contributed by atoms with van der Waals surface area (Å²) >= 11 is 0. The first kappa shape index (κ1) is 16.1. The number of nitrogens with zero attached hydrogens (tertiary/aromatic N) is 3. The number of nitrogen functional groups attached to an aromatic ring is 1. The molecule has 2 N–H and O–H groups in total. The minimum absolute atomic E-state index is 0.201. The van der Waals surface area contributed by atoms with Crippen molar-refractivity contribution in [1.29, 1.82) is 0 Å². The predicted octanol–water partition coefficient (Wildman–Crippen LogP) is 1.39. The van der Waals surface area contributed by atoms with Gasteiger partial charge in [-0.15, -0.1) is 0 Å². The van der Waals surface area contributed by atoms with E-state index in [1.165, 1.54) is 16.8 Å². The molecule has 2 aromatic heterocycles. The van der Waals surface area contributed by atoms with Gasteiger partial charge in [0, 0.05) is 24.2 Å². The van der Waals surface area contributed by atoms with Crippen LogP contribution in [-0.2, 0) is 9.84 Å². The van der Waals surface area contributed by atoms with E-state index in [2.05, 4.69) is 9.97 Å². The Morgan fingerprint density at radius 1 is 1.21 bits per heavy atom. The first-order valence-electron chi connectivity index (χ1n) is 7.22. The molecule has 0 saturated heterocycles. The number of anilines is 1. The molecule has 3 aromatic rings. The van der Waals surface area contributed by atoms with E-state index in [1.807, 2.05) is 37.3 Å². The lowest BCUT2D eigenvalue weighted by molar-refractivity contribution is 0.590. The smallest absolute Gasteiger partial charge is 0.254 e. The van der Waals surface area contributed by atoms with Crippen molar-refractivity contribution in [2.45, 2.75) is 18.1 Å². The molecule has 7 nitrogen and oxygen atoms in total. The van der Waals surface area contributed by atoms with Gasteiger partial charge in [-0.3, -0.25) is 9.36 Å². The summed E-state index contributed by atoms with van der Waals surface area (Å²) in [6.45, 7) is 1.84. The second kappa shape index (κ2) is 5.72. The molecule has 8 heteroatoms. The van der Waals surface area contributed by atoms with E-state index >= 15 is 0 Å². The summed E-state index contributed by atoms with van der Waals surface area (Å²) in [5, 5.41) is 0.0961. The molecule has 0 aliphatic heterocycles. The predicted molar refractivity (Wildman–Crippen MR) is 91.6 cm³/mol. The van der Waals surface area contributed by atoms with Crippen LogP contribution in [0.4, 0.5) is 5.69 Å². The molecule has 0 spiro atoms. The lowest BCUT2D eigenvalue weighted by atomic mass is 10.1. The second-order valence-corrected chi connectivity index (χ2v) is 7.47. The highest BCUT2D eigenvalue weighted by atomic mass is 32.2. The number of fused-ring (bicyclic) bond motifs is 1. The van der Waals surface area contributed by atoms with Crippen LogP contribution in [0.2, 0.25) is 0 Å². The number of benzene rings is 1. The number of sulfone groups is 1. The quantitative estimate of drug-likeness (QED) is 0.719. The van der Waals surface area contributed by atoms with Crippen LogP contribution in [-0.4, -0.2) is 29.2 Å². The van der Waals surface area contributed by atoms with Crippen molar-refractivity contribution in [1.82, 2.24) is 14.5 Å². The Morgan fingerprint density at radius 3 is 2.50 bits per heavy atom. The van der Waals surface area contributed by atoms with Gasteiger partial charge in [-0.25, -0.2) is 13.4 Å². The van der Waals surface area contributed by atoms with Gasteiger partial charge in [0.05, 0.1) is 11.4 Å². The van der Waals surface area contributed by atoms with E-state index in [9.17, 15) is 13.2 Å². The average Bonchev–Trinajstić information content (AvgIpc) is 2.54. The maximum atomic E-state index is 12.5. The van der Waals surface area contributed by atoms with E-state index in [0.29, 0.717) is 5.39 Å². The molecule has 0 radical (unpaired) electrons. The number of aromatic nitrogens is 3. The SMILES string of the molecule is C[C@@H](c1ccccc1)n1c(=O)cc(N)c2cnc(S(C)(=O)=O)nc21. The Kier molecular flexibility index (Phi) is 3.84. The van der Waals surface area contributed by atoms with Crippen LogP contribution in [0.15, 0.2) is 52.5 Å². The third-order valence-electron chi connectivity index (χ3n) is 3.80. The minimum atomic E-state index is -3.61. The second-order valence-electron chi connectivity index (χ2n) is 5.56. The molecule has 0 bridgehead atoms. The summed E-state index contributed by atoms with van der Waals surface area (Å²) < 4.78 is 24.9. The molecule has 1 atom stereocenters. The topological polar surface area (TPSA) is 108 Å². The molecule has 0 saturated carbocycles. The van der Waals surface area contributed by atoms with Gasteiger partial charge in [-0.05, 0) is 12.5 Å². The molecule has 124 valence electrons. The average molecular weight is 344 g/mol. The number of hydrogen-bond donors (Lipinski definition) is 1. The van der Waals surface area contributed by atoms with Crippen molar-refractivity contribution < 1.29 is 8.42 Å². The highest BCUT2D eigenvalue weighted by Gasteiger charge is 2.19. The zero-order valence-corrected chi connectivity index (χ0v) is 14.0.